The molecule has 0 unspecified atom stereocenters. The number of sulfonamides is 2. The molecule has 12 nitrogen and oxygen atoms in total. The van der Waals surface area contributed by atoms with Crippen LogP contribution in [0.2, 0.25) is 0 Å². The molecule has 1 aliphatic heterocycles. The maximum Gasteiger partial charge on any atom is 0.261 e. The third-order valence-corrected chi connectivity index (χ3v) is 7.84. The number of fused-ring (bicyclic) bond motifs is 1. The molecule has 0 fully saturated rings. The topological polar surface area (TPSA) is 168 Å². The first kappa shape index (κ1) is 26.2. The molecule has 196 valence electrons. The van der Waals surface area contributed by atoms with Gasteiger partial charge < -0.3 is 15.1 Å². The molecule has 0 saturated carbocycles. The molecule has 4 rings (SSSR count). The molecule has 0 saturated heterocycles. The van der Waals surface area contributed by atoms with Crippen LogP contribution >= 0.6 is 0 Å². The van der Waals surface area contributed by atoms with E-state index in [2.05, 4.69) is 20.0 Å². The normalized spacial score (nSPS) is 14.1. The van der Waals surface area contributed by atoms with Gasteiger partial charge in [-0.3, -0.25) is 9.52 Å². The molecule has 3 aromatic rings. The Labute approximate surface area is 213 Å². The molecule has 1 amide bonds. The molecule has 1 aromatic heterocycles. The number of amides is 1. The number of anilines is 5. The number of nitrogens with zero attached hydrogens (tertiary/aromatic N) is 4. The van der Waals surface area contributed by atoms with Crippen LogP contribution in [0.1, 0.15) is 13.8 Å². The van der Waals surface area contributed by atoms with Gasteiger partial charge in [0.2, 0.25) is 21.9 Å². The summed E-state index contributed by atoms with van der Waals surface area (Å²) in [5, 5.41) is 8.17. The minimum atomic E-state index is -4.23. The second kappa shape index (κ2) is 9.57. The van der Waals surface area contributed by atoms with Gasteiger partial charge >= 0.3 is 0 Å². The second-order valence-electron chi connectivity index (χ2n) is 8.55. The Hall–Kier alpha value is -3.82. The summed E-state index contributed by atoms with van der Waals surface area (Å²) in [6, 6.07) is 7.65. The summed E-state index contributed by atoms with van der Waals surface area (Å²) in [6.45, 7) is 3.94. The molecule has 2 heterocycles. The molecule has 1 aliphatic rings. The van der Waals surface area contributed by atoms with Crippen molar-refractivity contribution in [2.75, 3.05) is 33.4 Å². The number of carbonyl (C=O) groups is 1. The number of nitrogens with one attached hydrogen (secondary N) is 2. The Morgan fingerprint density at radius 3 is 2.30 bits per heavy atom. The van der Waals surface area contributed by atoms with Crippen LogP contribution < -0.4 is 25.0 Å². The number of likely N-dealkylation sites (N-methyl/N-ethyl adjacent to an activating group) is 1. The summed E-state index contributed by atoms with van der Waals surface area (Å²) in [5.74, 6) is -0.164. The highest BCUT2D eigenvalue weighted by molar-refractivity contribution is 7.92. The van der Waals surface area contributed by atoms with E-state index < -0.39 is 25.9 Å². The molecule has 0 atom stereocenters. The van der Waals surface area contributed by atoms with Crippen molar-refractivity contribution in [3.05, 3.63) is 54.5 Å². The van der Waals surface area contributed by atoms with Gasteiger partial charge in [-0.2, -0.15) is 4.98 Å². The van der Waals surface area contributed by atoms with Gasteiger partial charge in [-0.15, -0.1) is 0 Å². The quantitative estimate of drug-likeness (QED) is 0.399. The van der Waals surface area contributed by atoms with E-state index >= 15 is 0 Å². The van der Waals surface area contributed by atoms with Crippen molar-refractivity contribution in [2.45, 2.75) is 29.7 Å². The fraction of sp³-hybridized carbons (Fsp3) is 0.227. The minimum absolute atomic E-state index is 0.0441. The monoisotopic (exact) mass is 549 g/mol. The van der Waals surface area contributed by atoms with Crippen molar-refractivity contribution < 1.29 is 26.0 Å². The Morgan fingerprint density at radius 2 is 1.68 bits per heavy atom. The van der Waals surface area contributed by atoms with Crippen molar-refractivity contribution >= 4 is 54.8 Å². The highest BCUT2D eigenvalue weighted by Gasteiger charge is 2.30. The van der Waals surface area contributed by atoms with E-state index in [1.54, 1.807) is 11.9 Å². The molecule has 0 aliphatic carbocycles. The zero-order valence-electron chi connectivity index (χ0n) is 20.0. The molecule has 0 bridgehead atoms. The first-order valence-electron chi connectivity index (χ1n) is 10.9. The average molecular weight is 550 g/mol. The molecule has 0 radical (unpaired) electrons. The first-order valence-corrected chi connectivity index (χ1v) is 13.9. The van der Waals surface area contributed by atoms with E-state index in [0.717, 1.165) is 30.3 Å². The number of benzene rings is 2. The number of carbonyl (C=O) groups excluding carboxylic acids is 1. The second-order valence-corrected chi connectivity index (χ2v) is 11.8. The fourth-order valence-electron chi connectivity index (χ4n) is 3.61. The van der Waals surface area contributed by atoms with E-state index in [1.807, 2.05) is 13.8 Å². The lowest BCUT2D eigenvalue weighted by atomic mass is 10.2. The Morgan fingerprint density at radius 1 is 1.03 bits per heavy atom. The van der Waals surface area contributed by atoms with Gasteiger partial charge in [0, 0.05) is 18.8 Å². The van der Waals surface area contributed by atoms with Gasteiger partial charge in [0.15, 0.2) is 5.82 Å². The number of rotatable bonds is 7. The van der Waals surface area contributed by atoms with E-state index in [9.17, 15) is 26.0 Å². The number of halogens is 1. The van der Waals surface area contributed by atoms with Crippen LogP contribution in [-0.4, -0.2) is 52.3 Å². The summed E-state index contributed by atoms with van der Waals surface area (Å²) in [7, 11) is -6.79. The molecule has 2 aromatic carbocycles. The van der Waals surface area contributed by atoms with Crippen LogP contribution in [-0.2, 0) is 24.8 Å². The van der Waals surface area contributed by atoms with Crippen LogP contribution in [0.25, 0.3) is 0 Å². The number of aromatic nitrogens is 2. The van der Waals surface area contributed by atoms with Gasteiger partial charge in [0.05, 0.1) is 28.2 Å². The summed E-state index contributed by atoms with van der Waals surface area (Å²) in [6.07, 6.45) is 1.46. The van der Waals surface area contributed by atoms with Crippen molar-refractivity contribution in [3.63, 3.8) is 0 Å². The van der Waals surface area contributed by atoms with Crippen molar-refractivity contribution in [1.29, 1.82) is 0 Å². The van der Waals surface area contributed by atoms with Gasteiger partial charge in [0.25, 0.3) is 10.0 Å². The van der Waals surface area contributed by atoms with Crippen LogP contribution in [0.5, 0.6) is 0 Å². The van der Waals surface area contributed by atoms with Gasteiger partial charge in [-0.25, -0.2) is 31.3 Å². The van der Waals surface area contributed by atoms with Crippen molar-refractivity contribution in [2.24, 2.45) is 5.14 Å². The zero-order valence-corrected chi connectivity index (χ0v) is 21.6. The smallest absolute Gasteiger partial charge is 0.261 e. The van der Waals surface area contributed by atoms with Gasteiger partial charge in [-0.1, -0.05) is 0 Å². The molecule has 0 spiro atoms. The molecule has 4 N–H and O–H groups in total. The maximum atomic E-state index is 13.2. The summed E-state index contributed by atoms with van der Waals surface area (Å²) in [4.78, 5) is 23.7. The van der Waals surface area contributed by atoms with Crippen molar-refractivity contribution in [1.82, 2.24) is 9.97 Å². The Kier molecular flexibility index (Phi) is 6.79. The summed E-state index contributed by atoms with van der Waals surface area (Å²) >= 11 is 0. The Bertz CT molecular complexity index is 1580. The third kappa shape index (κ3) is 5.63. The molecule has 15 heteroatoms. The van der Waals surface area contributed by atoms with E-state index in [1.165, 1.54) is 23.2 Å². The van der Waals surface area contributed by atoms with Crippen LogP contribution in [0, 0.1) is 5.82 Å². The predicted molar refractivity (Wildman–Crippen MR) is 136 cm³/mol. The number of primary sulfonamides is 1. The standard InChI is InChI=1S/C22H24FN7O5S2/c1-13(2)30-12-20(31)29(3)19-11-25-22(27-21(19)30)26-15-8-16(10-18(9-15)36(24,32)33)28-37(34,35)17-6-4-14(23)5-7-17/h4-11,13,28H,12H2,1-3H3,(H2,24,32,33)(H,25,26,27). The third-order valence-electron chi connectivity index (χ3n) is 5.55. The van der Waals surface area contributed by atoms with Gasteiger partial charge in [-0.05, 0) is 56.3 Å². The lowest BCUT2D eigenvalue weighted by Gasteiger charge is -2.36. The van der Waals surface area contributed by atoms with E-state index in [4.69, 9.17) is 5.14 Å². The van der Waals surface area contributed by atoms with E-state index in [-0.39, 0.29) is 45.6 Å². The number of hydrogen-bond acceptors (Lipinski definition) is 9. The number of hydrogen-bond donors (Lipinski definition) is 3. The highest BCUT2D eigenvalue weighted by atomic mass is 32.2. The van der Waals surface area contributed by atoms with Gasteiger partial charge in [0.1, 0.15) is 11.5 Å². The zero-order chi connectivity index (χ0) is 27.1. The van der Waals surface area contributed by atoms with Crippen LogP contribution in [0.3, 0.4) is 0 Å². The fourth-order valence-corrected chi connectivity index (χ4v) is 5.24. The van der Waals surface area contributed by atoms with E-state index in [0.29, 0.717) is 11.5 Å². The van der Waals surface area contributed by atoms with Crippen LogP contribution in [0.4, 0.5) is 33.2 Å². The lowest BCUT2D eigenvalue weighted by Crippen LogP contribution is -2.47. The lowest BCUT2D eigenvalue weighted by molar-refractivity contribution is -0.117. The first-order chi connectivity index (χ1) is 17.2. The Balaban J connectivity index is 1.71. The predicted octanol–water partition coefficient (Wildman–Crippen LogP) is 2.00. The molecular weight excluding hydrogens is 525 g/mol. The number of nitrogens with two attached hydrogens (primary N) is 1. The minimum Gasteiger partial charge on any atom is -0.343 e. The average Bonchev–Trinajstić information content (AvgIpc) is 2.80. The SMILES string of the molecule is CC(C)N1CC(=O)N(C)c2cnc(Nc3cc(NS(=O)(=O)c4ccc(F)cc4)cc(S(N)(=O)=O)c3)nc21. The highest BCUT2D eigenvalue weighted by Crippen LogP contribution is 2.33. The molecular formula is C22H24FN7O5S2. The summed E-state index contributed by atoms with van der Waals surface area (Å²) in [5.41, 5.74) is 0.506. The largest absolute Gasteiger partial charge is 0.343 e. The van der Waals surface area contributed by atoms with Crippen LogP contribution in [0.15, 0.2) is 58.5 Å². The maximum absolute atomic E-state index is 13.2. The summed E-state index contributed by atoms with van der Waals surface area (Å²) < 4.78 is 65.2. The molecule has 37 heavy (non-hydrogen) atoms. The van der Waals surface area contributed by atoms with Crippen molar-refractivity contribution in [3.8, 4) is 0 Å².